The van der Waals surface area contributed by atoms with Gasteiger partial charge < -0.3 is 10.1 Å². The zero-order valence-electron chi connectivity index (χ0n) is 17.1. The van der Waals surface area contributed by atoms with Crippen LogP contribution in [0.3, 0.4) is 0 Å². The average Bonchev–Trinajstić information content (AvgIpc) is 3.40. The number of benzene rings is 2. The molecule has 156 valence electrons. The number of aryl methyl sites for hydroxylation is 2. The molecule has 0 atom stereocenters. The lowest BCUT2D eigenvalue weighted by atomic mass is 10.1. The van der Waals surface area contributed by atoms with E-state index in [1.165, 1.54) is 6.20 Å². The molecule has 1 amide bonds. The van der Waals surface area contributed by atoms with Gasteiger partial charge in [0.25, 0.3) is 5.91 Å². The first-order valence-corrected chi connectivity index (χ1v) is 9.71. The molecule has 0 aliphatic heterocycles. The van der Waals surface area contributed by atoms with E-state index in [1.54, 1.807) is 10.7 Å². The number of carbonyl (C=O) groups is 2. The number of aromatic nitrogens is 4. The second kappa shape index (κ2) is 8.66. The van der Waals surface area contributed by atoms with E-state index in [-0.39, 0.29) is 5.56 Å². The average molecular weight is 415 g/mol. The number of H-pyrrole nitrogens is 1. The van der Waals surface area contributed by atoms with Crippen LogP contribution < -0.4 is 5.32 Å². The molecule has 8 heteroatoms. The van der Waals surface area contributed by atoms with Crippen molar-refractivity contribution in [1.82, 2.24) is 20.0 Å². The first-order chi connectivity index (χ1) is 15.0. The molecule has 8 nitrogen and oxygen atoms in total. The molecular formula is C23H21N5O3. The molecule has 0 radical (unpaired) electrons. The van der Waals surface area contributed by atoms with Gasteiger partial charge in [-0.1, -0.05) is 48.0 Å². The SMILES string of the molecule is Cc1ccc(-n2nc(C)cc2NC(=O)COC(=O)c2cn[nH]c2-c2ccccc2)cc1. The Balaban J connectivity index is 1.43. The minimum absolute atomic E-state index is 0.263. The van der Waals surface area contributed by atoms with Crippen LogP contribution >= 0.6 is 0 Å². The number of amides is 1. The number of anilines is 1. The molecule has 0 saturated heterocycles. The first-order valence-electron chi connectivity index (χ1n) is 9.71. The standard InChI is InChI=1S/C23H21N5O3/c1-15-8-10-18(11-9-15)28-20(12-16(2)27-28)25-21(29)14-31-23(30)19-13-24-26-22(19)17-6-4-3-5-7-17/h3-13H,14H2,1-2H3,(H,24,26)(H,25,29). The molecule has 4 aromatic rings. The Morgan fingerprint density at radius 1 is 1.06 bits per heavy atom. The van der Waals surface area contributed by atoms with E-state index >= 15 is 0 Å². The second-order valence-corrected chi connectivity index (χ2v) is 7.07. The van der Waals surface area contributed by atoms with Crippen molar-refractivity contribution in [2.75, 3.05) is 11.9 Å². The minimum Gasteiger partial charge on any atom is -0.452 e. The van der Waals surface area contributed by atoms with Gasteiger partial charge in [0.05, 0.1) is 23.3 Å². The van der Waals surface area contributed by atoms with E-state index < -0.39 is 18.5 Å². The Labute approximate surface area is 178 Å². The van der Waals surface area contributed by atoms with E-state index in [0.29, 0.717) is 11.5 Å². The van der Waals surface area contributed by atoms with E-state index in [1.807, 2.05) is 68.4 Å². The molecule has 0 spiro atoms. The fraction of sp³-hybridized carbons (Fsp3) is 0.130. The number of hydrogen-bond donors (Lipinski definition) is 2. The van der Waals surface area contributed by atoms with Gasteiger partial charge in [0.1, 0.15) is 11.4 Å². The molecule has 0 bridgehead atoms. The Bertz CT molecular complexity index is 1210. The molecule has 2 heterocycles. The summed E-state index contributed by atoms with van der Waals surface area (Å²) in [5.74, 6) is -0.604. The predicted octanol–water partition coefficient (Wildman–Crippen LogP) is 3.67. The van der Waals surface area contributed by atoms with Crippen LogP contribution in [0, 0.1) is 13.8 Å². The largest absolute Gasteiger partial charge is 0.452 e. The Hall–Kier alpha value is -4.20. The van der Waals surface area contributed by atoms with Crippen molar-refractivity contribution >= 4 is 17.7 Å². The summed E-state index contributed by atoms with van der Waals surface area (Å²) in [6, 6.07) is 18.8. The number of ether oxygens (including phenoxy) is 1. The van der Waals surface area contributed by atoms with Gasteiger partial charge >= 0.3 is 5.97 Å². The molecule has 2 aromatic carbocycles. The Kier molecular flexibility index (Phi) is 5.61. The van der Waals surface area contributed by atoms with Crippen LogP contribution in [0.15, 0.2) is 66.9 Å². The van der Waals surface area contributed by atoms with Gasteiger partial charge in [0.15, 0.2) is 6.61 Å². The third-order valence-corrected chi connectivity index (χ3v) is 4.63. The highest BCUT2D eigenvalue weighted by Gasteiger charge is 2.18. The minimum atomic E-state index is -0.633. The third kappa shape index (κ3) is 4.53. The maximum Gasteiger partial charge on any atom is 0.342 e. The van der Waals surface area contributed by atoms with Gasteiger partial charge in [-0.3, -0.25) is 9.89 Å². The maximum atomic E-state index is 12.5. The molecule has 0 fully saturated rings. The van der Waals surface area contributed by atoms with E-state index in [9.17, 15) is 9.59 Å². The number of nitrogens with zero attached hydrogens (tertiary/aromatic N) is 3. The van der Waals surface area contributed by atoms with Crippen molar-refractivity contribution in [3.63, 3.8) is 0 Å². The number of aromatic amines is 1. The summed E-state index contributed by atoms with van der Waals surface area (Å²) in [4.78, 5) is 24.9. The van der Waals surface area contributed by atoms with Gasteiger partial charge in [-0.05, 0) is 26.0 Å². The molecular weight excluding hydrogens is 394 g/mol. The molecule has 0 aliphatic carbocycles. The summed E-state index contributed by atoms with van der Waals surface area (Å²) >= 11 is 0. The normalized spacial score (nSPS) is 10.6. The summed E-state index contributed by atoms with van der Waals surface area (Å²) in [5, 5.41) is 13.9. The summed E-state index contributed by atoms with van der Waals surface area (Å²) < 4.78 is 6.85. The lowest BCUT2D eigenvalue weighted by Crippen LogP contribution is -2.22. The zero-order chi connectivity index (χ0) is 21.8. The topological polar surface area (TPSA) is 102 Å². The molecule has 4 rings (SSSR count). The number of esters is 1. The van der Waals surface area contributed by atoms with Gasteiger partial charge in [-0.15, -0.1) is 0 Å². The van der Waals surface area contributed by atoms with Gasteiger partial charge in [-0.2, -0.15) is 10.2 Å². The van der Waals surface area contributed by atoms with Gasteiger partial charge in [0.2, 0.25) is 0 Å². The van der Waals surface area contributed by atoms with Crippen LogP contribution in [0.4, 0.5) is 5.82 Å². The van der Waals surface area contributed by atoms with E-state index in [2.05, 4.69) is 20.6 Å². The van der Waals surface area contributed by atoms with Crippen molar-refractivity contribution in [2.45, 2.75) is 13.8 Å². The van der Waals surface area contributed by atoms with Crippen LogP contribution in [-0.4, -0.2) is 38.5 Å². The summed E-state index contributed by atoms with van der Waals surface area (Å²) in [7, 11) is 0. The quantitative estimate of drug-likeness (QED) is 0.468. The monoisotopic (exact) mass is 415 g/mol. The van der Waals surface area contributed by atoms with Gasteiger partial charge in [-0.25, -0.2) is 9.48 Å². The van der Waals surface area contributed by atoms with Crippen molar-refractivity contribution in [2.24, 2.45) is 0 Å². The molecule has 0 saturated carbocycles. The smallest absolute Gasteiger partial charge is 0.342 e. The maximum absolute atomic E-state index is 12.5. The third-order valence-electron chi connectivity index (χ3n) is 4.63. The lowest BCUT2D eigenvalue weighted by Gasteiger charge is -2.10. The van der Waals surface area contributed by atoms with Crippen molar-refractivity contribution in [3.8, 4) is 16.9 Å². The van der Waals surface area contributed by atoms with Crippen LogP contribution in [-0.2, 0) is 9.53 Å². The molecule has 0 unspecified atom stereocenters. The molecule has 31 heavy (non-hydrogen) atoms. The number of carbonyl (C=O) groups excluding carboxylic acids is 2. The van der Waals surface area contributed by atoms with E-state index in [0.717, 1.165) is 22.5 Å². The predicted molar refractivity (Wildman–Crippen MR) is 116 cm³/mol. The number of nitrogens with one attached hydrogen (secondary N) is 2. The van der Waals surface area contributed by atoms with Crippen molar-refractivity contribution in [1.29, 1.82) is 0 Å². The Morgan fingerprint density at radius 3 is 2.55 bits per heavy atom. The first kappa shape index (κ1) is 20.1. The number of rotatable bonds is 6. The van der Waals surface area contributed by atoms with E-state index in [4.69, 9.17) is 4.74 Å². The highest BCUT2D eigenvalue weighted by molar-refractivity contribution is 5.98. The van der Waals surface area contributed by atoms with Crippen LogP contribution in [0.25, 0.3) is 16.9 Å². The highest BCUT2D eigenvalue weighted by atomic mass is 16.5. The molecule has 0 aliphatic rings. The van der Waals surface area contributed by atoms with Gasteiger partial charge in [0, 0.05) is 11.6 Å². The van der Waals surface area contributed by atoms with Crippen LogP contribution in [0.2, 0.25) is 0 Å². The van der Waals surface area contributed by atoms with Crippen LogP contribution in [0.1, 0.15) is 21.6 Å². The van der Waals surface area contributed by atoms with Crippen molar-refractivity contribution in [3.05, 3.63) is 83.7 Å². The van der Waals surface area contributed by atoms with Crippen molar-refractivity contribution < 1.29 is 14.3 Å². The van der Waals surface area contributed by atoms with Crippen LogP contribution in [0.5, 0.6) is 0 Å². The molecule has 2 N–H and O–H groups in total. The second-order valence-electron chi connectivity index (χ2n) is 7.07. The molecule has 2 aromatic heterocycles. The number of hydrogen-bond acceptors (Lipinski definition) is 5. The fourth-order valence-corrected chi connectivity index (χ4v) is 3.12. The summed E-state index contributed by atoms with van der Waals surface area (Å²) in [6.07, 6.45) is 1.39. The highest BCUT2D eigenvalue weighted by Crippen LogP contribution is 2.21. The fourth-order valence-electron chi connectivity index (χ4n) is 3.12. The Morgan fingerprint density at radius 2 is 1.81 bits per heavy atom. The zero-order valence-corrected chi connectivity index (χ0v) is 17.1. The lowest BCUT2D eigenvalue weighted by molar-refractivity contribution is -0.119. The summed E-state index contributed by atoms with van der Waals surface area (Å²) in [6.45, 7) is 3.40. The summed E-state index contributed by atoms with van der Waals surface area (Å²) in [5.41, 5.74) is 4.29.